The highest BCUT2D eigenvalue weighted by Crippen LogP contribution is 2.18. The normalized spacial score (nSPS) is 17.1. The molecule has 2 aromatic rings. The van der Waals surface area contributed by atoms with Gasteiger partial charge >= 0.3 is 0 Å². The van der Waals surface area contributed by atoms with Gasteiger partial charge in [0.1, 0.15) is 0 Å². The van der Waals surface area contributed by atoms with Crippen molar-refractivity contribution in [3.63, 3.8) is 0 Å². The average molecular weight is 365 g/mol. The molecule has 2 aromatic carbocycles. The Hall–Kier alpha value is -2.66. The smallest absolute Gasteiger partial charge is 0.257 e. The van der Waals surface area contributed by atoms with Crippen molar-refractivity contribution in [3.05, 3.63) is 65.7 Å². The highest BCUT2D eigenvalue weighted by atomic mass is 16.5. The lowest BCUT2D eigenvalue weighted by Gasteiger charge is -2.15. The topological polar surface area (TPSA) is 62.7 Å². The fourth-order valence-electron chi connectivity index (χ4n) is 2.97. The number of hydrogen-bond acceptors (Lipinski definition) is 3. The van der Waals surface area contributed by atoms with Crippen molar-refractivity contribution in [2.24, 2.45) is 4.99 Å². The maximum Gasteiger partial charge on any atom is 0.257 e. The molecule has 1 saturated heterocycles. The summed E-state index contributed by atoms with van der Waals surface area (Å²) < 4.78 is 5.65. The van der Waals surface area contributed by atoms with E-state index in [1.807, 2.05) is 30.3 Å². The highest BCUT2D eigenvalue weighted by Gasteiger charge is 2.16. The lowest BCUT2D eigenvalue weighted by molar-refractivity contribution is 0.0975. The third kappa shape index (κ3) is 5.66. The van der Waals surface area contributed by atoms with Gasteiger partial charge < -0.3 is 10.1 Å². The zero-order valence-corrected chi connectivity index (χ0v) is 15.9. The van der Waals surface area contributed by atoms with Gasteiger partial charge in [0.2, 0.25) is 5.96 Å². The predicted octanol–water partition coefficient (Wildman–Crippen LogP) is 4.19. The van der Waals surface area contributed by atoms with Crippen LogP contribution in [0.15, 0.2) is 59.6 Å². The van der Waals surface area contributed by atoms with E-state index in [2.05, 4.69) is 41.6 Å². The van der Waals surface area contributed by atoms with Crippen LogP contribution in [0.25, 0.3) is 0 Å². The van der Waals surface area contributed by atoms with Gasteiger partial charge in [-0.15, -0.1) is 0 Å². The van der Waals surface area contributed by atoms with E-state index in [0.717, 1.165) is 25.1 Å². The van der Waals surface area contributed by atoms with Gasteiger partial charge in [0.25, 0.3) is 5.91 Å². The minimum absolute atomic E-state index is 0.123. The van der Waals surface area contributed by atoms with Gasteiger partial charge in [-0.1, -0.05) is 44.2 Å². The number of anilines is 1. The molecule has 1 heterocycles. The van der Waals surface area contributed by atoms with Gasteiger partial charge in [0, 0.05) is 17.9 Å². The van der Waals surface area contributed by atoms with E-state index in [1.165, 1.54) is 5.56 Å². The van der Waals surface area contributed by atoms with Crippen LogP contribution in [-0.2, 0) is 4.74 Å². The first-order valence-electron chi connectivity index (χ1n) is 9.51. The SMILES string of the molecule is CC(C)c1cccc(NC(=NC[C@H]2CCCO2)NC(=O)c2ccccc2)c1. The number of carbonyl (C=O) groups is 1. The quantitative estimate of drug-likeness (QED) is 0.617. The van der Waals surface area contributed by atoms with Crippen LogP contribution in [0.2, 0.25) is 0 Å². The highest BCUT2D eigenvalue weighted by molar-refractivity contribution is 6.09. The van der Waals surface area contributed by atoms with Gasteiger partial charge in [0.15, 0.2) is 0 Å². The maximum atomic E-state index is 12.6. The monoisotopic (exact) mass is 365 g/mol. The minimum atomic E-state index is -0.186. The summed E-state index contributed by atoms with van der Waals surface area (Å²) in [5, 5.41) is 6.16. The van der Waals surface area contributed by atoms with E-state index < -0.39 is 0 Å². The second-order valence-corrected chi connectivity index (χ2v) is 7.05. The zero-order valence-electron chi connectivity index (χ0n) is 15.9. The number of aliphatic imine (C=N–C) groups is 1. The first-order chi connectivity index (χ1) is 13.1. The molecule has 0 radical (unpaired) electrons. The van der Waals surface area contributed by atoms with Gasteiger partial charge in [-0.3, -0.25) is 10.1 Å². The number of benzene rings is 2. The van der Waals surface area contributed by atoms with Crippen molar-refractivity contribution in [2.45, 2.75) is 38.7 Å². The summed E-state index contributed by atoms with van der Waals surface area (Å²) in [5.74, 6) is 0.687. The predicted molar refractivity (Wildman–Crippen MR) is 109 cm³/mol. The first kappa shape index (κ1) is 19.1. The minimum Gasteiger partial charge on any atom is -0.376 e. The Morgan fingerprint density at radius 1 is 1.19 bits per heavy atom. The van der Waals surface area contributed by atoms with E-state index in [9.17, 15) is 4.79 Å². The molecule has 1 aliphatic rings. The van der Waals surface area contributed by atoms with Gasteiger partial charge in [-0.25, -0.2) is 4.99 Å². The average Bonchev–Trinajstić information content (AvgIpc) is 3.20. The van der Waals surface area contributed by atoms with Crippen molar-refractivity contribution in [1.82, 2.24) is 5.32 Å². The number of guanidine groups is 1. The van der Waals surface area contributed by atoms with Crippen LogP contribution < -0.4 is 10.6 Å². The summed E-state index contributed by atoms with van der Waals surface area (Å²) in [4.78, 5) is 17.1. The van der Waals surface area contributed by atoms with E-state index in [-0.39, 0.29) is 12.0 Å². The number of nitrogens with zero attached hydrogens (tertiary/aromatic N) is 1. The van der Waals surface area contributed by atoms with Gasteiger partial charge in [-0.2, -0.15) is 0 Å². The molecule has 3 rings (SSSR count). The van der Waals surface area contributed by atoms with Crippen LogP contribution in [0.5, 0.6) is 0 Å². The fourth-order valence-corrected chi connectivity index (χ4v) is 2.97. The molecule has 1 aliphatic heterocycles. The summed E-state index contributed by atoms with van der Waals surface area (Å²) in [6.45, 7) is 5.63. The lowest BCUT2D eigenvalue weighted by Crippen LogP contribution is -2.36. The van der Waals surface area contributed by atoms with E-state index >= 15 is 0 Å². The first-order valence-corrected chi connectivity index (χ1v) is 9.51. The molecule has 0 saturated carbocycles. The van der Waals surface area contributed by atoms with Crippen LogP contribution in [0.1, 0.15) is 48.5 Å². The second kappa shape index (κ2) is 9.33. The molecule has 0 spiro atoms. The van der Waals surface area contributed by atoms with Crippen molar-refractivity contribution in [1.29, 1.82) is 0 Å². The summed E-state index contributed by atoms with van der Waals surface area (Å²) in [5.41, 5.74) is 2.73. The molecule has 0 aliphatic carbocycles. The molecule has 0 aromatic heterocycles. The van der Waals surface area contributed by atoms with Crippen LogP contribution in [0.4, 0.5) is 5.69 Å². The van der Waals surface area contributed by atoms with Crippen molar-refractivity contribution >= 4 is 17.6 Å². The Morgan fingerprint density at radius 2 is 2.00 bits per heavy atom. The molecule has 1 atom stereocenters. The number of rotatable bonds is 5. The van der Waals surface area contributed by atoms with Crippen molar-refractivity contribution in [2.75, 3.05) is 18.5 Å². The summed E-state index contributed by atoms with van der Waals surface area (Å²) in [6, 6.07) is 17.3. The molecule has 2 N–H and O–H groups in total. The van der Waals surface area contributed by atoms with Gasteiger partial charge in [0.05, 0.1) is 12.6 Å². The van der Waals surface area contributed by atoms with Crippen molar-refractivity contribution < 1.29 is 9.53 Å². The molecular weight excluding hydrogens is 338 g/mol. The molecule has 142 valence electrons. The van der Waals surface area contributed by atoms with Crippen molar-refractivity contribution in [3.8, 4) is 0 Å². The molecule has 1 fully saturated rings. The number of carbonyl (C=O) groups excluding carboxylic acids is 1. The molecule has 0 unspecified atom stereocenters. The van der Waals surface area contributed by atoms with Gasteiger partial charge in [-0.05, 0) is 48.6 Å². The van der Waals surface area contributed by atoms with E-state index in [1.54, 1.807) is 12.1 Å². The molecule has 1 amide bonds. The second-order valence-electron chi connectivity index (χ2n) is 7.05. The Balaban J connectivity index is 1.75. The third-order valence-electron chi connectivity index (χ3n) is 4.56. The number of hydrogen-bond donors (Lipinski definition) is 2. The Labute approximate surface area is 160 Å². The van der Waals surface area contributed by atoms with Crippen LogP contribution >= 0.6 is 0 Å². The number of amides is 1. The molecule has 27 heavy (non-hydrogen) atoms. The third-order valence-corrected chi connectivity index (χ3v) is 4.56. The standard InChI is InChI=1S/C22H27N3O2/c1-16(2)18-10-6-11-19(14-18)24-22(23-15-20-12-7-13-27-20)25-21(26)17-8-4-3-5-9-17/h3-6,8-11,14,16,20H,7,12-13,15H2,1-2H3,(H2,23,24,25,26)/t20-/m1/s1. The van der Waals surface area contributed by atoms with E-state index in [0.29, 0.717) is 24.0 Å². The zero-order chi connectivity index (χ0) is 19.1. The van der Waals surface area contributed by atoms with E-state index in [4.69, 9.17) is 4.74 Å². The largest absolute Gasteiger partial charge is 0.376 e. The fraction of sp³-hybridized carbons (Fsp3) is 0.364. The van der Waals surface area contributed by atoms with Crippen LogP contribution in [0, 0.1) is 0 Å². The Bertz CT molecular complexity index is 781. The number of nitrogens with one attached hydrogen (secondary N) is 2. The number of ether oxygens (including phenoxy) is 1. The Morgan fingerprint density at radius 3 is 2.70 bits per heavy atom. The molecule has 5 nitrogen and oxygen atoms in total. The summed E-state index contributed by atoms with van der Waals surface area (Å²) in [6.07, 6.45) is 2.19. The lowest BCUT2D eigenvalue weighted by atomic mass is 10.0. The molecule has 0 bridgehead atoms. The Kier molecular flexibility index (Phi) is 6.60. The molecular formula is C22H27N3O2. The summed E-state index contributed by atoms with van der Waals surface area (Å²) >= 11 is 0. The molecule has 5 heteroatoms. The van der Waals surface area contributed by atoms with Crippen LogP contribution in [0.3, 0.4) is 0 Å². The van der Waals surface area contributed by atoms with Crippen LogP contribution in [-0.4, -0.2) is 31.1 Å². The summed E-state index contributed by atoms with van der Waals surface area (Å²) in [7, 11) is 0. The maximum absolute atomic E-state index is 12.6.